The van der Waals surface area contributed by atoms with Crippen LogP contribution in [0.15, 0.2) is 21.2 Å². The molecule has 1 fully saturated rings. The molecule has 8 nitrogen and oxygen atoms in total. The van der Waals surface area contributed by atoms with Crippen molar-refractivity contribution in [1.82, 2.24) is 15.4 Å². The summed E-state index contributed by atoms with van der Waals surface area (Å²) in [6.45, 7) is 1.84. The minimum atomic E-state index is -0.204. The molecule has 23 heavy (non-hydrogen) atoms. The highest BCUT2D eigenvalue weighted by molar-refractivity contribution is 8.01. The van der Waals surface area contributed by atoms with Crippen LogP contribution in [0.5, 0.6) is 0 Å². The van der Waals surface area contributed by atoms with Gasteiger partial charge in [0.2, 0.25) is 16.9 Å². The zero-order valence-corrected chi connectivity index (χ0v) is 14.0. The second kappa shape index (κ2) is 7.09. The van der Waals surface area contributed by atoms with Gasteiger partial charge in [0.15, 0.2) is 10.2 Å². The molecule has 0 aromatic carbocycles. The minimum absolute atomic E-state index is 0.0592. The molecular weight excluding hydrogens is 338 g/mol. The molecule has 2 amide bonds. The van der Waals surface area contributed by atoms with Crippen molar-refractivity contribution in [1.29, 1.82) is 0 Å². The average Bonchev–Trinajstić information content (AvgIpc) is 3.04. The molecule has 0 unspecified atom stereocenters. The van der Waals surface area contributed by atoms with Gasteiger partial charge in [0, 0.05) is 18.5 Å². The number of rotatable bonds is 7. The normalized spacial score (nSPS) is 13.8. The minimum Gasteiger partial charge on any atom is -0.363 e. The number of thioether (sulfide) groups is 1. The highest BCUT2D eigenvalue weighted by Crippen LogP contribution is 2.36. The maximum Gasteiger partial charge on any atom is 0.236 e. The van der Waals surface area contributed by atoms with Crippen molar-refractivity contribution in [2.24, 2.45) is 0 Å². The van der Waals surface area contributed by atoms with Gasteiger partial charge in [-0.05, 0) is 12.8 Å². The number of hydrogen-bond acceptors (Lipinski definition) is 8. The van der Waals surface area contributed by atoms with Gasteiger partial charge in [-0.25, -0.2) is 0 Å². The van der Waals surface area contributed by atoms with Crippen molar-refractivity contribution in [2.45, 2.75) is 36.6 Å². The number of aromatic nitrogens is 3. The first-order valence-corrected chi connectivity index (χ1v) is 8.96. The SMILES string of the molecule is CCC(=O)N(c1nnc(SCC(=O)Nc2ccon2)s1)C1CC1. The van der Waals surface area contributed by atoms with Crippen molar-refractivity contribution in [3.8, 4) is 0 Å². The van der Waals surface area contributed by atoms with Gasteiger partial charge < -0.3 is 9.84 Å². The highest BCUT2D eigenvalue weighted by atomic mass is 32.2. The highest BCUT2D eigenvalue weighted by Gasteiger charge is 2.35. The molecule has 0 aliphatic heterocycles. The number of anilines is 2. The van der Waals surface area contributed by atoms with Gasteiger partial charge in [-0.15, -0.1) is 10.2 Å². The molecule has 3 rings (SSSR count). The summed E-state index contributed by atoms with van der Waals surface area (Å²) < 4.78 is 5.30. The quantitative estimate of drug-likeness (QED) is 0.601. The smallest absolute Gasteiger partial charge is 0.236 e. The Hall–Kier alpha value is -1.94. The Morgan fingerprint density at radius 2 is 2.30 bits per heavy atom. The summed E-state index contributed by atoms with van der Waals surface area (Å²) in [5.74, 6) is 0.419. The molecule has 0 radical (unpaired) electrons. The van der Waals surface area contributed by atoms with E-state index in [2.05, 4.69) is 25.2 Å². The summed E-state index contributed by atoms with van der Waals surface area (Å²) in [6, 6.07) is 1.82. The fourth-order valence-corrected chi connectivity index (χ4v) is 3.64. The fraction of sp³-hybridized carbons (Fsp3) is 0.462. The summed E-state index contributed by atoms with van der Waals surface area (Å²) in [4.78, 5) is 25.5. The predicted molar refractivity (Wildman–Crippen MR) is 86.6 cm³/mol. The lowest BCUT2D eigenvalue weighted by atomic mass is 10.4. The van der Waals surface area contributed by atoms with Gasteiger partial charge >= 0.3 is 0 Å². The molecule has 0 atom stereocenters. The van der Waals surface area contributed by atoms with Gasteiger partial charge in [-0.2, -0.15) is 0 Å². The lowest BCUT2D eigenvalue weighted by Crippen LogP contribution is -2.32. The molecule has 1 N–H and O–H groups in total. The number of nitrogens with one attached hydrogen (secondary N) is 1. The van der Waals surface area contributed by atoms with Gasteiger partial charge in [-0.1, -0.05) is 35.2 Å². The largest absolute Gasteiger partial charge is 0.363 e. The third kappa shape index (κ3) is 4.08. The van der Waals surface area contributed by atoms with Crippen LogP contribution in [0.25, 0.3) is 0 Å². The second-order valence-electron chi connectivity index (χ2n) is 4.92. The fourth-order valence-electron chi connectivity index (χ4n) is 1.91. The van der Waals surface area contributed by atoms with E-state index in [0.29, 0.717) is 21.7 Å². The molecule has 0 bridgehead atoms. The molecule has 10 heteroatoms. The number of amides is 2. The second-order valence-corrected chi connectivity index (χ2v) is 7.10. The van der Waals surface area contributed by atoms with Crippen LogP contribution in [0.4, 0.5) is 10.9 Å². The van der Waals surface area contributed by atoms with Crippen LogP contribution >= 0.6 is 23.1 Å². The Morgan fingerprint density at radius 3 is 2.96 bits per heavy atom. The Bertz CT molecular complexity index is 684. The van der Waals surface area contributed by atoms with Crippen molar-refractivity contribution in [2.75, 3.05) is 16.0 Å². The van der Waals surface area contributed by atoms with E-state index in [-0.39, 0.29) is 23.6 Å². The van der Waals surface area contributed by atoms with E-state index in [1.54, 1.807) is 11.0 Å². The van der Waals surface area contributed by atoms with Crippen LogP contribution < -0.4 is 10.2 Å². The van der Waals surface area contributed by atoms with E-state index < -0.39 is 0 Å². The van der Waals surface area contributed by atoms with Crippen LogP contribution in [0.1, 0.15) is 26.2 Å². The molecule has 2 aromatic heterocycles. The Balaban J connectivity index is 1.56. The molecule has 1 saturated carbocycles. The van der Waals surface area contributed by atoms with Crippen LogP contribution in [-0.2, 0) is 9.59 Å². The molecule has 2 heterocycles. The predicted octanol–water partition coefficient (Wildman–Crippen LogP) is 2.16. The van der Waals surface area contributed by atoms with Gasteiger partial charge in [0.05, 0.1) is 5.75 Å². The monoisotopic (exact) mass is 353 g/mol. The molecule has 0 saturated heterocycles. The lowest BCUT2D eigenvalue weighted by molar-refractivity contribution is -0.118. The van der Waals surface area contributed by atoms with E-state index in [1.165, 1.54) is 29.4 Å². The van der Waals surface area contributed by atoms with E-state index in [0.717, 1.165) is 12.8 Å². The molecule has 2 aromatic rings. The third-order valence-electron chi connectivity index (χ3n) is 3.12. The third-order valence-corrected chi connectivity index (χ3v) is 5.17. The molecule has 0 spiro atoms. The molecule has 1 aliphatic rings. The van der Waals surface area contributed by atoms with Crippen molar-refractivity contribution < 1.29 is 14.1 Å². The number of carbonyl (C=O) groups is 2. The first kappa shape index (κ1) is 15.9. The van der Waals surface area contributed by atoms with Gasteiger partial charge in [-0.3, -0.25) is 14.5 Å². The summed E-state index contributed by atoms with van der Waals surface area (Å²) in [6.07, 6.45) is 3.84. The van der Waals surface area contributed by atoms with E-state index in [9.17, 15) is 9.59 Å². The summed E-state index contributed by atoms with van der Waals surface area (Å²) in [5, 5.41) is 15.0. The first-order valence-electron chi connectivity index (χ1n) is 7.16. The van der Waals surface area contributed by atoms with E-state index in [1.807, 2.05) is 6.92 Å². The maximum atomic E-state index is 12.0. The van der Waals surface area contributed by atoms with E-state index >= 15 is 0 Å². The standard InChI is InChI=1S/C13H15N5O3S2/c1-2-11(20)18(8-3-4-8)12-15-16-13(23-12)22-7-10(19)14-9-5-6-21-17-9/h5-6,8H,2-4,7H2,1H3,(H,14,17,19). The van der Waals surface area contributed by atoms with Crippen LogP contribution in [-0.4, -0.2) is 39.0 Å². The zero-order chi connectivity index (χ0) is 16.2. The number of carbonyl (C=O) groups excluding carboxylic acids is 2. The van der Waals surface area contributed by atoms with Gasteiger partial charge in [0.1, 0.15) is 6.26 Å². The van der Waals surface area contributed by atoms with E-state index in [4.69, 9.17) is 0 Å². The van der Waals surface area contributed by atoms with Crippen molar-refractivity contribution in [3.05, 3.63) is 12.3 Å². The Labute approximate surface area is 140 Å². The van der Waals surface area contributed by atoms with Crippen molar-refractivity contribution >= 4 is 45.9 Å². The molecular formula is C13H15N5O3S2. The van der Waals surface area contributed by atoms with Gasteiger partial charge in [0.25, 0.3) is 0 Å². The maximum absolute atomic E-state index is 12.0. The first-order chi connectivity index (χ1) is 11.2. The summed E-state index contributed by atoms with van der Waals surface area (Å²) in [5.41, 5.74) is 0. The number of nitrogens with zero attached hydrogens (tertiary/aromatic N) is 4. The zero-order valence-electron chi connectivity index (χ0n) is 12.4. The summed E-state index contributed by atoms with van der Waals surface area (Å²) >= 11 is 2.61. The van der Waals surface area contributed by atoms with Crippen LogP contribution in [0.3, 0.4) is 0 Å². The molecule has 122 valence electrons. The summed E-state index contributed by atoms with van der Waals surface area (Å²) in [7, 11) is 0. The Kier molecular flexibility index (Phi) is 4.91. The lowest BCUT2D eigenvalue weighted by Gasteiger charge is -2.17. The Morgan fingerprint density at radius 1 is 1.48 bits per heavy atom. The van der Waals surface area contributed by atoms with Crippen LogP contribution in [0.2, 0.25) is 0 Å². The van der Waals surface area contributed by atoms with Crippen LogP contribution in [0, 0.1) is 0 Å². The average molecular weight is 353 g/mol. The molecule has 1 aliphatic carbocycles. The number of hydrogen-bond donors (Lipinski definition) is 1. The van der Waals surface area contributed by atoms with Crippen molar-refractivity contribution in [3.63, 3.8) is 0 Å². The topological polar surface area (TPSA) is 101 Å².